The Hall–Kier alpha value is -1.62. The molecule has 2 aromatic carbocycles. The lowest BCUT2D eigenvalue weighted by molar-refractivity contribution is -0.159. The highest BCUT2D eigenvalue weighted by atomic mass is 32.2. The van der Waals surface area contributed by atoms with Gasteiger partial charge in [-0.25, -0.2) is 0 Å². The zero-order chi connectivity index (χ0) is 17.4. The van der Waals surface area contributed by atoms with Gasteiger partial charge in [0.15, 0.2) is 11.6 Å². The van der Waals surface area contributed by atoms with Crippen LogP contribution in [-0.2, 0) is 15.1 Å². The van der Waals surface area contributed by atoms with E-state index in [2.05, 4.69) is 25.1 Å². The molecule has 0 radical (unpaired) electrons. The fourth-order valence-electron chi connectivity index (χ4n) is 2.84. The molecule has 2 aromatic rings. The number of carbonyl (C=O) groups is 1. The van der Waals surface area contributed by atoms with Gasteiger partial charge in [-0.05, 0) is 57.5 Å². The summed E-state index contributed by atoms with van der Waals surface area (Å²) in [6, 6.07) is 16.0. The van der Waals surface area contributed by atoms with Gasteiger partial charge in [0, 0.05) is 15.4 Å². The summed E-state index contributed by atoms with van der Waals surface area (Å²) in [4.78, 5) is 13.6. The number of ketones is 1. The first-order chi connectivity index (χ1) is 11.3. The third kappa shape index (κ3) is 3.72. The topological polar surface area (TPSA) is 35.5 Å². The van der Waals surface area contributed by atoms with Crippen molar-refractivity contribution in [2.45, 2.75) is 48.9 Å². The maximum Gasteiger partial charge on any atom is 0.164 e. The molecule has 1 aliphatic rings. The lowest BCUT2D eigenvalue weighted by Crippen LogP contribution is -2.28. The minimum Gasteiger partial charge on any atom is -0.347 e. The molecule has 0 spiro atoms. The number of rotatable bonds is 4. The smallest absolute Gasteiger partial charge is 0.164 e. The van der Waals surface area contributed by atoms with E-state index < -0.39 is 11.4 Å². The van der Waals surface area contributed by atoms with Gasteiger partial charge in [0.05, 0.1) is 6.61 Å². The van der Waals surface area contributed by atoms with Gasteiger partial charge in [0.25, 0.3) is 0 Å². The van der Waals surface area contributed by atoms with Crippen molar-refractivity contribution in [2.75, 3.05) is 6.61 Å². The molecular weight excluding hydrogens is 320 g/mol. The number of hydrogen-bond acceptors (Lipinski definition) is 4. The maximum absolute atomic E-state index is 11.4. The van der Waals surface area contributed by atoms with E-state index in [1.165, 1.54) is 0 Å². The van der Waals surface area contributed by atoms with Crippen molar-refractivity contribution in [3.05, 3.63) is 59.7 Å². The van der Waals surface area contributed by atoms with Crippen molar-refractivity contribution >= 4 is 17.5 Å². The highest BCUT2D eigenvalue weighted by Gasteiger charge is 2.43. The van der Waals surface area contributed by atoms with Gasteiger partial charge in [-0.3, -0.25) is 4.79 Å². The predicted molar refractivity (Wildman–Crippen MR) is 95.5 cm³/mol. The highest BCUT2D eigenvalue weighted by molar-refractivity contribution is 7.99. The molecule has 1 unspecified atom stereocenters. The summed E-state index contributed by atoms with van der Waals surface area (Å²) in [6.07, 6.45) is 0. The van der Waals surface area contributed by atoms with E-state index in [0.717, 1.165) is 20.9 Å². The van der Waals surface area contributed by atoms with Crippen LogP contribution in [0.25, 0.3) is 0 Å². The van der Waals surface area contributed by atoms with Crippen molar-refractivity contribution in [1.29, 1.82) is 0 Å². The summed E-state index contributed by atoms with van der Waals surface area (Å²) in [5, 5.41) is 0. The van der Waals surface area contributed by atoms with Gasteiger partial charge >= 0.3 is 0 Å². The summed E-state index contributed by atoms with van der Waals surface area (Å²) in [6.45, 7) is 8.06. The average Bonchev–Trinajstić information content (AvgIpc) is 2.83. The molecule has 0 aromatic heterocycles. The number of benzene rings is 2. The first-order valence-electron chi connectivity index (χ1n) is 8.01. The molecule has 1 atom stereocenters. The van der Waals surface area contributed by atoms with Crippen LogP contribution in [0.15, 0.2) is 58.3 Å². The van der Waals surface area contributed by atoms with Gasteiger partial charge in [-0.1, -0.05) is 36.0 Å². The van der Waals surface area contributed by atoms with Crippen LogP contribution in [0.2, 0.25) is 0 Å². The highest BCUT2D eigenvalue weighted by Crippen LogP contribution is 2.40. The molecule has 3 rings (SSSR count). The Bertz CT molecular complexity index is 752. The van der Waals surface area contributed by atoms with Gasteiger partial charge < -0.3 is 9.47 Å². The Morgan fingerprint density at radius 3 is 2.33 bits per heavy atom. The van der Waals surface area contributed by atoms with Crippen molar-refractivity contribution in [1.82, 2.24) is 0 Å². The second kappa shape index (κ2) is 6.36. The van der Waals surface area contributed by atoms with E-state index >= 15 is 0 Å². The van der Waals surface area contributed by atoms with Crippen LogP contribution in [0, 0.1) is 0 Å². The zero-order valence-corrected chi connectivity index (χ0v) is 15.3. The van der Waals surface area contributed by atoms with Crippen LogP contribution in [-0.4, -0.2) is 18.2 Å². The molecule has 1 saturated heterocycles. The number of carbonyl (C=O) groups excluding carboxylic acids is 1. The van der Waals surface area contributed by atoms with E-state index in [1.54, 1.807) is 18.7 Å². The molecule has 0 bridgehead atoms. The maximum atomic E-state index is 11.4. The SMILES string of the molecule is CC(=O)c1ccc(Sc2cccc(C3(C)COC(C)(C)O3)c2)cc1. The first kappa shape index (κ1) is 17.2. The number of hydrogen-bond donors (Lipinski definition) is 0. The largest absolute Gasteiger partial charge is 0.347 e. The van der Waals surface area contributed by atoms with Crippen LogP contribution in [0.4, 0.5) is 0 Å². The minimum atomic E-state index is -0.555. The lowest BCUT2D eigenvalue weighted by atomic mass is 9.97. The van der Waals surface area contributed by atoms with Crippen LogP contribution in [0.1, 0.15) is 43.6 Å². The third-order valence-electron chi connectivity index (χ3n) is 4.11. The standard InChI is InChI=1S/C20H22O3S/c1-14(21)15-8-10-17(11-9-15)24-18-7-5-6-16(12-18)20(4)13-22-19(2,3)23-20/h5-12H,13H2,1-4H3. The molecule has 0 N–H and O–H groups in total. The number of ether oxygens (including phenoxy) is 2. The normalized spacial score (nSPS) is 22.5. The Labute approximate surface area is 147 Å². The summed E-state index contributed by atoms with van der Waals surface area (Å²) < 4.78 is 11.8. The van der Waals surface area contributed by atoms with Gasteiger partial charge in [-0.2, -0.15) is 0 Å². The second-order valence-electron chi connectivity index (χ2n) is 6.73. The van der Waals surface area contributed by atoms with Crippen molar-refractivity contribution < 1.29 is 14.3 Å². The molecule has 126 valence electrons. The predicted octanol–water partition coefficient (Wildman–Crippen LogP) is 5.04. The van der Waals surface area contributed by atoms with Crippen molar-refractivity contribution in [2.24, 2.45) is 0 Å². The minimum absolute atomic E-state index is 0.0856. The Morgan fingerprint density at radius 2 is 1.75 bits per heavy atom. The summed E-state index contributed by atoms with van der Waals surface area (Å²) in [7, 11) is 0. The molecule has 1 heterocycles. The Kier molecular flexibility index (Phi) is 4.56. The van der Waals surface area contributed by atoms with E-state index in [1.807, 2.05) is 44.2 Å². The van der Waals surface area contributed by atoms with E-state index in [9.17, 15) is 4.79 Å². The number of Topliss-reactive ketones (excluding diaryl/α,β-unsaturated/α-hetero) is 1. The van der Waals surface area contributed by atoms with Crippen LogP contribution in [0.3, 0.4) is 0 Å². The van der Waals surface area contributed by atoms with E-state index in [4.69, 9.17) is 9.47 Å². The molecule has 24 heavy (non-hydrogen) atoms. The zero-order valence-electron chi connectivity index (χ0n) is 14.5. The third-order valence-corrected chi connectivity index (χ3v) is 5.10. The summed E-state index contributed by atoms with van der Waals surface area (Å²) in [5.74, 6) is -0.470. The first-order valence-corrected chi connectivity index (χ1v) is 8.83. The van der Waals surface area contributed by atoms with Crippen molar-refractivity contribution in [3.8, 4) is 0 Å². The molecule has 0 aliphatic carbocycles. The van der Waals surface area contributed by atoms with Crippen LogP contribution < -0.4 is 0 Å². The summed E-state index contributed by atoms with van der Waals surface area (Å²) >= 11 is 1.67. The molecular formula is C20H22O3S. The molecule has 1 fully saturated rings. The van der Waals surface area contributed by atoms with Gasteiger partial charge in [0.1, 0.15) is 5.60 Å². The molecule has 4 heteroatoms. The van der Waals surface area contributed by atoms with Gasteiger partial charge in [-0.15, -0.1) is 0 Å². The average molecular weight is 342 g/mol. The molecule has 1 aliphatic heterocycles. The Balaban J connectivity index is 1.80. The monoisotopic (exact) mass is 342 g/mol. The van der Waals surface area contributed by atoms with Crippen molar-refractivity contribution in [3.63, 3.8) is 0 Å². The van der Waals surface area contributed by atoms with E-state index in [0.29, 0.717) is 6.61 Å². The summed E-state index contributed by atoms with van der Waals surface area (Å²) in [5.41, 5.74) is 1.41. The van der Waals surface area contributed by atoms with Gasteiger partial charge in [0.2, 0.25) is 0 Å². The second-order valence-corrected chi connectivity index (χ2v) is 7.88. The quantitative estimate of drug-likeness (QED) is 0.729. The Morgan fingerprint density at radius 1 is 1.04 bits per heavy atom. The molecule has 0 saturated carbocycles. The molecule has 0 amide bonds. The van der Waals surface area contributed by atoms with E-state index in [-0.39, 0.29) is 5.78 Å². The van der Waals surface area contributed by atoms with Crippen LogP contribution >= 0.6 is 11.8 Å². The fourth-order valence-corrected chi connectivity index (χ4v) is 3.71. The van der Waals surface area contributed by atoms with Crippen LogP contribution in [0.5, 0.6) is 0 Å². The fraction of sp³-hybridized carbons (Fsp3) is 0.350. The molecule has 3 nitrogen and oxygen atoms in total. The lowest BCUT2D eigenvalue weighted by Gasteiger charge is -2.26.